The van der Waals surface area contributed by atoms with Gasteiger partial charge in [0.25, 0.3) is 16.1 Å². The second-order valence-corrected chi connectivity index (χ2v) is 7.87. The Hall–Kier alpha value is -1.81. The van der Waals surface area contributed by atoms with Gasteiger partial charge in [-0.3, -0.25) is 10.0 Å². The van der Waals surface area contributed by atoms with Gasteiger partial charge in [0.2, 0.25) is 0 Å². The molecule has 25 heavy (non-hydrogen) atoms. The standard InChI is InChI=1S/C16H22FN3O4S/c1-11(2)15(16(21)18-22)19-25(23,24)20-9-7-13(8-10-20)12-3-5-14(17)6-4-12/h3-7,11,15,19,22H,8-10H2,1-2H3,(H,18,21). The quantitative estimate of drug-likeness (QED) is 0.518. The number of hydroxylamine groups is 1. The van der Waals surface area contributed by atoms with Crippen LogP contribution in [0.4, 0.5) is 4.39 Å². The molecule has 0 radical (unpaired) electrons. The molecule has 1 unspecified atom stereocenters. The van der Waals surface area contributed by atoms with Gasteiger partial charge in [0.15, 0.2) is 0 Å². The fourth-order valence-electron chi connectivity index (χ4n) is 2.59. The van der Waals surface area contributed by atoms with Crippen molar-refractivity contribution in [1.29, 1.82) is 0 Å². The molecule has 1 amide bonds. The van der Waals surface area contributed by atoms with Crippen molar-refractivity contribution in [3.8, 4) is 0 Å². The lowest BCUT2D eigenvalue weighted by molar-refractivity contribution is -0.131. The molecule has 1 aliphatic heterocycles. The fourth-order valence-corrected chi connectivity index (χ4v) is 4.04. The van der Waals surface area contributed by atoms with Crippen LogP contribution in [-0.4, -0.2) is 43.0 Å². The van der Waals surface area contributed by atoms with Crippen LogP contribution >= 0.6 is 0 Å². The minimum Gasteiger partial charge on any atom is -0.289 e. The molecule has 0 aliphatic carbocycles. The van der Waals surface area contributed by atoms with Crippen LogP contribution in [0.3, 0.4) is 0 Å². The maximum absolute atomic E-state index is 13.0. The molecule has 1 aromatic rings. The lowest BCUT2D eigenvalue weighted by atomic mass is 10.0. The predicted molar refractivity (Wildman–Crippen MR) is 91.2 cm³/mol. The number of nitrogens with one attached hydrogen (secondary N) is 2. The molecule has 1 aromatic carbocycles. The zero-order valence-electron chi connectivity index (χ0n) is 14.1. The third-order valence-electron chi connectivity index (χ3n) is 4.06. The van der Waals surface area contributed by atoms with Crippen molar-refractivity contribution in [2.24, 2.45) is 5.92 Å². The molecule has 0 fully saturated rings. The third kappa shape index (κ3) is 4.85. The van der Waals surface area contributed by atoms with Crippen molar-refractivity contribution in [3.63, 3.8) is 0 Å². The van der Waals surface area contributed by atoms with E-state index in [1.54, 1.807) is 32.1 Å². The van der Waals surface area contributed by atoms with Gasteiger partial charge < -0.3 is 0 Å². The summed E-state index contributed by atoms with van der Waals surface area (Å²) in [5.41, 5.74) is 3.28. The molecular weight excluding hydrogens is 349 g/mol. The minimum atomic E-state index is -3.89. The summed E-state index contributed by atoms with van der Waals surface area (Å²) in [7, 11) is -3.89. The van der Waals surface area contributed by atoms with E-state index in [1.807, 2.05) is 0 Å². The van der Waals surface area contributed by atoms with Gasteiger partial charge >= 0.3 is 0 Å². The van der Waals surface area contributed by atoms with Gasteiger partial charge in [0.1, 0.15) is 11.9 Å². The monoisotopic (exact) mass is 371 g/mol. The molecule has 2 rings (SSSR count). The first-order valence-electron chi connectivity index (χ1n) is 7.91. The number of carbonyl (C=O) groups is 1. The van der Waals surface area contributed by atoms with Gasteiger partial charge in [-0.05, 0) is 35.6 Å². The molecule has 138 valence electrons. The molecule has 0 aromatic heterocycles. The number of hydrogen-bond donors (Lipinski definition) is 3. The van der Waals surface area contributed by atoms with Crippen molar-refractivity contribution in [2.75, 3.05) is 13.1 Å². The van der Waals surface area contributed by atoms with Gasteiger partial charge in [0, 0.05) is 13.1 Å². The molecular formula is C16H22FN3O4S. The SMILES string of the molecule is CC(C)C(NS(=O)(=O)N1CC=C(c2ccc(F)cc2)CC1)C(=O)NO. The van der Waals surface area contributed by atoms with E-state index < -0.39 is 22.2 Å². The Morgan fingerprint density at radius 3 is 2.40 bits per heavy atom. The molecule has 9 heteroatoms. The van der Waals surface area contributed by atoms with Gasteiger partial charge in [-0.2, -0.15) is 17.4 Å². The molecule has 1 heterocycles. The van der Waals surface area contributed by atoms with Gasteiger partial charge in [-0.1, -0.05) is 32.1 Å². The zero-order chi connectivity index (χ0) is 18.6. The maximum atomic E-state index is 13.0. The molecule has 1 atom stereocenters. The van der Waals surface area contributed by atoms with E-state index in [-0.39, 0.29) is 24.8 Å². The van der Waals surface area contributed by atoms with E-state index in [2.05, 4.69) is 4.72 Å². The molecule has 7 nitrogen and oxygen atoms in total. The van der Waals surface area contributed by atoms with Crippen LogP contribution in [0.2, 0.25) is 0 Å². The van der Waals surface area contributed by atoms with E-state index in [4.69, 9.17) is 5.21 Å². The normalized spacial score (nSPS) is 17.2. The highest BCUT2D eigenvalue weighted by molar-refractivity contribution is 7.87. The first-order valence-corrected chi connectivity index (χ1v) is 9.35. The van der Waals surface area contributed by atoms with E-state index >= 15 is 0 Å². The minimum absolute atomic E-state index is 0.146. The Morgan fingerprint density at radius 1 is 1.28 bits per heavy atom. The Kier molecular flexibility index (Phi) is 6.28. The summed E-state index contributed by atoms with van der Waals surface area (Å²) in [5, 5.41) is 8.76. The van der Waals surface area contributed by atoms with Crippen LogP contribution in [-0.2, 0) is 15.0 Å². The average Bonchev–Trinajstić information content (AvgIpc) is 2.59. The lowest BCUT2D eigenvalue weighted by Gasteiger charge is -2.29. The first kappa shape index (κ1) is 19.5. The Bertz CT molecular complexity index is 747. The van der Waals surface area contributed by atoms with Crippen LogP contribution in [0.1, 0.15) is 25.8 Å². The second kappa shape index (κ2) is 8.05. The Morgan fingerprint density at radius 2 is 1.92 bits per heavy atom. The average molecular weight is 371 g/mol. The molecule has 3 N–H and O–H groups in total. The van der Waals surface area contributed by atoms with E-state index in [0.717, 1.165) is 11.1 Å². The summed E-state index contributed by atoms with van der Waals surface area (Å²) in [6, 6.07) is 4.97. The van der Waals surface area contributed by atoms with Crippen molar-refractivity contribution >= 4 is 21.7 Å². The number of amides is 1. The molecule has 0 saturated carbocycles. The number of benzene rings is 1. The van der Waals surface area contributed by atoms with Gasteiger partial charge in [0.05, 0.1) is 0 Å². The lowest BCUT2D eigenvalue weighted by Crippen LogP contribution is -2.53. The van der Waals surface area contributed by atoms with Gasteiger partial charge in [-0.25, -0.2) is 9.87 Å². The fraction of sp³-hybridized carbons (Fsp3) is 0.438. The number of carbonyl (C=O) groups excluding carboxylic acids is 1. The molecule has 0 bridgehead atoms. The number of hydrogen-bond acceptors (Lipinski definition) is 4. The van der Waals surface area contributed by atoms with Gasteiger partial charge in [-0.15, -0.1) is 0 Å². The first-order chi connectivity index (χ1) is 11.7. The smallest absolute Gasteiger partial charge is 0.280 e. The highest BCUT2D eigenvalue weighted by atomic mass is 32.2. The maximum Gasteiger partial charge on any atom is 0.280 e. The highest BCUT2D eigenvalue weighted by Gasteiger charge is 2.31. The summed E-state index contributed by atoms with van der Waals surface area (Å²) < 4.78 is 41.5. The van der Waals surface area contributed by atoms with Crippen LogP contribution in [0.25, 0.3) is 5.57 Å². The van der Waals surface area contributed by atoms with E-state index in [1.165, 1.54) is 21.9 Å². The van der Waals surface area contributed by atoms with Crippen LogP contribution < -0.4 is 10.2 Å². The molecule has 0 spiro atoms. The largest absolute Gasteiger partial charge is 0.289 e. The highest BCUT2D eigenvalue weighted by Crippen LogP contribution is 2.23. The topological polar surface area (TPSA) is 98.7 Å². The summed E-state index contributed by atoms with van der Waals surface area (Å²) in [4.78, 5) is 11.6. The molecule has 0 saturated heterocycles. The van der Waals surface area contributed by atoms with Crippen molar-refractivity contribution in [1.82, 2.24) is 14.5 Å². The summed E-state index contributed by atoms with van der Waals surface area (Å²) in [6.45, 7) is 3.73. The second-order valence-electron chi connectivity index (χ2n) is 6.16. The van der Waals surface area contributed by atoms with Crippen molar-refractivity contribution < 1.29 is 22.8 Å². The Balaban J connectivity index is 2.09. The number of rotatable bonds is 6. The van der Waals surface area contributed by atoms with E-state index in [0.29, 0.717) is 6.42 Å². The summed E-state index contributed by atoms with van der Waals surface area (Å²) in [5.74, 6) is -1.47. The van der Waals surface area contributed by atoms with Crippen LogP contribution in [0.5, 0.6) is 0 Å². The number of halogens is 1. The van der Waals surface area contributed by atoms with Crippen molar-refractivity contribution in [3.05, 3.63) is 41.7 Å². The third-order valence-corrected chi connectivity index (χ3v) is 5.63. The molecule has 1 aliphatic rings. The summed E-state index contributed by atoms with van der Waals surface area (Å²) in [6.07, 6.45) is 2.25. The summed E-state index contributed by atoms with van der Waals surface area (Å²) >= 11 is 0. The predicted octanol–water partition coefficient (Wildman–Crippen LogP) is 1.28. The number of nitrogens with zero attached hydrogens (tertiary/aromatic N) is 1. The van der Waals surface area contributed by atoms with Crippen molar-refractivity contribution in [2.45, 2.75) is 26.3 Å². The Labute approximate surface area is 146 Å². The zero-order valence-corrected chi connectivity index (χ0v) is 14.9. The van der Waals surface area contributed by atoms with E-state index in [9.17, 15) is 17.6 Å². The van der Waals surface area contributed by atoms with Crippen LogP contribution in [0.15, 0.2) is 30.3 Å². The van der Waals surface area contributed by atoms with Crippen LogP contribution in [0, 0.1) is 11.7 Å².